The van der Waals surface area contributed by atoms with E-state index in [9.17, 15) is 4.39 Å². The van der Waals surface area contributed by atoms with Gasteiger partial charge < -0.3 is 10.5 Å². The van der Waals surface area contributed by atoms with Crippen molar-refractivity contribution in [3.05, 3.63) is 52.9 Å². The van der Waals surface area contributed by atoms with Crippen molar-refractivity contribution in [2.45, 2.75) is 6.54 Å². The highest BCUT2D eigenvalue weighted by Gasteiger charge is 2.10. The average Bonchev–Trinajstić information content (AvgIpc) is 2.32. The minimum absolute atomic E-state index is 0.0975. The first-order valence-electron chi connectivity index (χ1n) is 4.97. The average molecular weight is 253 g/mol. The summed E-state index contributed by atoms with van der Waals surface area (Å²) in [5.41, 5.74) is 5.75. The molecule has 0 aliphatic rings. The number of nitrogens with two attached hydrogens (primary N) is 1. The van der Waals surface area contributed by atoms with E-state index in [4.69, 9.17) is 22.1 Å². The first-order valence-corrected chi connectivity index (χ1v) is 5.35. The lowest BCUT2D eigenvalue weighted by molar-refractivity contribution is 0.419. The molecular weight excluding hydrogens is 243 g/mol. The Morgan fingerprint density at radius 3 is 2.88 bits per heavy atom. The van der Waals surface area contributed by atoms with E-state index in [1.807, 2.05) is 0 Å². The van der Waals surface area contributed by atoms with Crippen LogP contribution in [0.5, 0.6) is 11.6 Å². The fourth-order valence-electron chi connectivity index (χ4n) is 1.33. The predicted octanol–water partition coefficient (Wildman–Crippen LogP) is 3.13. The van der Waals surface area contributed by atoms with Gasteiger partial charge in [-0.2, -0.15) is 0 Å². The molecule has 0 saturated carbocycles. The van der Waals surface area contributed by atoms with Crippen LogP contribution in [0.4, 0.5) is 4.39 Å². The van der Waals surface area contributed by atoms with Gasteiger partial charge in [0.1, 0.15) is 5.75 Å². The van der Waals surface area contributed by atoms with Crippen LogP contribution in [0.1, 0.15) is 5.56 Å². The van der Waals surface area contributed by atoms with Gasteiger partial charge in [0.25, 0.3) is 5.88 Å². The van der Waals surface area contributed by atoms with Crippen molar-refractivity contribution in [1.82, 2.24) is 4.98 Å². The highest BCUT2D eigenvalue weighted by atomic mass is 35.5. The van der Waals surface area contributed by atoms with Crippen LogP contribution < -0.4 is 10.5 Å². The summed E-state index contributed by atoms with van der Waals surface area (Å²) in [6.45, 7) is 0.0975. The standard InChI is InChI=1S/C12H10ClFN2O/c13-9-2-1-3-10(6-9)17-12-11(14)8(7-15)4-5-16-12/h1-6H,7,15H2. The molecule has 5 heteroatoms. The van der Waals surface area contributed by atoms with Crippen LogP contribution in [-0.4, -0.2) is 4.98 Å². The Balaban J connectivity index is 2.30. The quantitative estimate of drug-likeness (QED) is 0.913. The molecule has 0 spiro atoms. The van der Waals surface area contributed by atoms with Crippen LogP contribution in [0.2, 0.25) is 5.02 Å². The zero-order chi connectivity index (χ0) is 12.3. The molecule has 0 fully saturated rings. The Hall–Kier alpha value is -1.65. The monoisotopic (exact) mass is 252 g/mol. The molecule has 2 N–H and O–H groups in total. The first-order chi connectivity index (χ1) is 8.20. The van der Waals surface area contributed by atoms with E-state index in [0.717, 1.165) is 0 Å². The smallest absolute Gasteiger partial charge is 0.256 e. The van der Waals surface area contributed by atoms with Gasteiger partial charge in [-0.3, -0.25) is 0 Å². The molecule has 1 aromatic heterocycles. The van der Waals surface area contributed by atoms with Gasteiger partial charge in [0.2, 0.25) is 0 Å². The van der Waals surface area contributed by atoms with Crippen LogP contribution in [0.15, 0.2) is 36.5 Å². The number of halogens is 2. The van der Waals surface area contributed by atoms with Gasteiger partial charge in [-0.25, -0.2) is 9.37 Å². The molecule has 3 nitrogen and oxygen atoms in total. The van der Waals surface area contributed by atoms with Gasteiger partial charge in [0, 0.05) is 23.3 Å². The van der Waals surface area contributed by atoms with Gasteiger partial charge in [-0.15, -0.1) is 0 Å². The summed E-state index contributed by atoms with van der Waals surface area (Å²) < 4.78 is 19.1. The summed E-state index contributed by atoms with van der Waals surface area (Å²) in [7, 11) is 0. The SMILES string of the molecule is NCc1ccnc(Oc2cccc(Cl)c2)c1F. The van der Waals surface area contributed by atoms with E-state index in [0.29, 0.717) is 16.3 Å². The number of pyridine rings is 1. The normalized spacial score (nSPS) is 10.3. The second-order valence-corrected chi connectivity index (χ2v) is 3.79. The van der Waals surface area contributed by atoms with E-state index in [2.05, 4.69) is 4.98 Å². The van der Waals surface area contributed by atoms with Crippen LogP contribution >= 0.6 is 11.6 Å². The minimum atomic E-state index is -0.546. The highest BCUT2D eigenvalue weighted by molar-refractivity contribution is 6.30. The lowest BCUT2D eigenvalue weighted by Gasteiger charge is -2.07. The number of aromatic nitrogens is 1. The molecule has 0 radical (unpaired) electrons. The number of nitrogens with zero attached hydrogens (tertiary/aromatic N) is 1. The lowest BCUT2D eigenvalue weighted by Crippen LogP contribution is -2.02. The molecular formula is C12H10ClFN2O. The Kier molecular flexibility index (Phi) is 3.56. The number of benzene rings is 1. The Bertz CT molecular complexity index is 534. The number of hydrogen-bond acceptors (Lipinski definition) is 3. The van der Waals surface area contributed by atoms with Crippen molar-refractivity contribution in [2.24, 2.45) is 5.73 Å². The van der Waals surface area contributed by atoms with Crippen LogP contribution in [-0.2, 0) is 6.54 Å². The fourth-order valence-corrected chi connectivity index (χ4v) is 1.51. The zero-order valence-electron chi connectivity index (χ0n) is 8.86. The number of ether oxygens (including phenoxy) is 1. The molecule has 2 aromatic rings. The number of hydrogen-bond donors (Lipinski definition) is 1. The topological polar surface area (TPSA) is 48.1 Å². The van der Waals surface area contributed by atoms with E-state index in [-0.39, 0.29) is 12.4 Å². The Labute approximate surface area is 103 Å². The molecule has 0 aliphatic heterocycles. The summed E-state index contributed by atoms with van der Waals surface area (Å²) in [6, 6.07) is 8.18. The highest BCUT2D eigenvalue weighted by Crippen LogP contribution is 2.25. The van der Waals surface area contributed by atoms with Gasteiger partial charge in [-0.05, 0) is 24.3 Å². The number of rotatable bonds is 3. The Morgan fingerprint density at radius 2 is 2.18 bits per heavy atom. The molecule has 1 heterocycles. The fraction of sp³-hybridized carbons (Fsp3) is 0.0833. The Morgan fingerprint density at radius 1 is 1.35 bits per heavy atom. The maximum Gasteiger partial charge on any atom is 0.256 e. The molecule has 17 heavy (non-hydrogen) atoms. The van der Waals surface area contributed by atoms with Gasteiger partial charge in [0.05, 0.1) is 0 Å². The molecule has 0 atom stereocenters. The third-order valence-corrected chi connectivity index (χ3v) is 2.40. The second kappa shape index (κ2) is 5.12. The van der Waals surface area contributed by atoms with Crippen molar-refractivity contribution in [3.63, 3.8) is 0 Å². The van der Waals surface area contributed by atoms with E-state index in [1.54, 1.807) is 24.3 Å². The molecule has 2 rings (SSSR count). The van der Waals surface area contributed by atoms with Gasteiger partial charge in [-0.1, -0.05) is 17.7 Å². The molecule has 0 unspecified atom stereocenters. The van der Waals surface area contributed by atoms with E-state index in [1.165, 1.54) is 12.3 Å². The van der Waals surface area contributed by atoms with Crippen molar-refractivity contribution in [1.29, 1.82) is 0 Å². The van der Waals surface area contributed by atoms with E-state index < -0.39 is 5.82 Å². The van der Waals surface area contributed by atoms with Crippen molar-refractivity contribution in [3.8, 4) is 11.6 Å². The molecule has 0 amide bonds. The van der Waals surface area contributed by atoms with Crippen molar-refractivity contribution < 1.29 is 9.13 Å². The maximum absolute atomic E-state index is 13.8. The summed E-state index contributed by atoms with van der Waals surface area (Å²) in [4.78, 5) is 3.82. The largest absolute Gasteiger partial charge is 0.436 e. The zero-order valence-corrected chi connectivity index (χ0v) is 9.62. The minimum Gasteiger partial charge on any atom is -0.436 e. The van der Waals surface area contributed by atoms with Crippen LogP contribution in [0.3, 0.4) is 0 Å². The predicted molar refractivity (Wildman–Crippen MR) is 63.6 cm³/mol. The summed E-state index contributed by atoms with van der Waals surface area (Å²) in [6.07, 6.45) is 1.45. The molecule has 0 saturated heterocycles. The van der Waals surface area contributed by atoms with Crippen LogP contribution in [0, 0.1) is 5.82 Å². The van der Waals surface area contributed by atoms with Gasteiger partial charge >= 0.3 is 0 Å². The van der Waals surface area contributed by atoms with Crippen molar-refractivity contribution >= 4 is 11.6 Å². The van der Waals surface area contributed by atoms with Crippen molar-refractivity contribution in [2.75, 3.05) is 0 Å². The third kappa shape index (κ3) is 2.72. The first kappa shape index (κ1) is 11.8. The molecule has 0 aliphatic carbocycles. The summed E-state index contributed by atoms with van der Waals surface area (Å²) in [5.74, 6) is -0.219. The maximum atomic E-state index is 13.8. The van der Waals surface area contributed by atoms with E-state index >= 15 is 0 Å². The van der Waals surface area contributed by atoms with Gasteiger partial charge in [0.15, 0.2) is 5.82 Å². The summed E-state index contributed by atoms with van der Waals surface area (Å²) in [5, 5.41) is 0.512. The molecule has 0 bridgehead atoms. The second-order valence-electron chi connectivity index (χ2n) is 3.35. The lowest BCUT2D eigenvalue weighted by atomic mass is 10.2. The summed E-state index contributed by atoms with van der Waals surface area (Å²) >= 11 is 5.80. The van der Waals surface area contributed by atoms with Crippen LogP contribution in [0.25, 0.3) is 0 Å². The third-order valence-electron chi connectivity index (χ3n) is 2.17. The molecule has 88 valence electrons. The molecule has 1 aromatic carbocycles.